The van der Waals surface area contributed by atoms with Crippen molar-refractivity contribution in [1.29, 1.82) is 0 Å². The molecule has 0 aromatic heterocycles. The summed E-state index contributed by atoms with van der Waals surface area (Å²) in [6.07, 6.45) is 1.31. The van der Waals surface area contributed by atoms with Crippen molar-refractivity contribution in [3.8, 4) is 5.75 Å². The highest BCUT2D eigenvalue weighted by Gasteiger charge is 2.29. The molecule has 1 aromatic rings. The predicted octanol–water partition coefficient (Wildman–Crippen LogP) is 0.634. The molecular weight excluding hydrogens is 298 g/mol. The number of piperidine rings is 1. The number of methoxy groups -OCH3 is 1. The Hall–Kier alpha value is -1.71. The van der Waals surface area contributed by atoms with Gasteiger partial charge in [0.1, 0.15) is 5.75 Å². The smallest absolute Gasteiger partial charge is 0.293 e. The Kier molecular flexibility index (Phi) is 4.76. The van der Waals surface area contributed by atoms with Gasteiger partial charge in [0.2, 0.25) is 10.0 Å². The number of ether oxygens (including phenoxy) is 1. The average Bonchev–Trinajstić information content (AvgIpc) is 2.47. The Labute approximate surface area is 122 Å². The van der Waals surface area contributed by atoms with Gasteiger partial charge < -0.3 is 10.1 Å². The van der Waals surface area contributed by atoms with Crippen molar-refractivity contribution in [1.82, 2.24) is 10.0 Å². The Bertz CT molecular complexity index is 626. The fourth-order valence-electron chi connectivity index (χ4n) is 2.22. The summed E-state index contributed by atoms with van der Waals surface area (Å²) >= 11 is 0. The van der Waals surface area contributed by atoms with Crippen molar-refractivity contribution in [2.24, 2.45) is 0 Å². The summed E-state index contributed by atoms with van der Waals surface area (Å²) in [5, 5.41) is 14.2. The number of hydrogen-bond acceptors (Lipinski definition) is 6. The van der Waals surface area contributed by atoms with Gasteiger partial charge in [-0.05, 0) is 38.1 Å². The molecule has 1 fully saturated rings. The highest BCUT2D eigenvalue weighted by molar-refractivity contribution is 7.89. The van der Waals surface area contributed by atoms with Crippen LogP contribution >= 0.6 is 0 Å². The molecule has 0 aliphatic carbocycles. The maximum absolute atomic E-state index is 12.3. The molecular formula is C12H17N3O5S. The summed E-state index contributed by atoms with van der Waals surface area (Å²) in [6.45, 7) is 1.44. The van der Waals surface area contributed by atoms with Crippen LogP contribution in [0.25, 0.3) is 0 Å². The summed E-state index contributed by atoms with van der Waals surface area (Å²) in [6, 6.07) is 3.49. The average molecular weight is 315 g/mol. The van der Waals surface area contributed by atoms with E-state index in [1.165, 1.54) is 19.2 Å². The second-order valence-electron chi connectivity index (χ2n) is 4.74. The standard InChI is InChI=1S/C12H17N3O5S/c1-20-10-2-3-12(11(8-10)15(16)17)21(18,19)14-9-4-6-13-7-5-9/h2-3,8-9,13-14H,4-7H2,1H3. The second-order valence-corrected chi connectivity index (χ2v) is 6.42. The monoisotopic (exact) mass is 315 g/mol. The second kappa shape index (κ2) is 6.37. The third kappa shape index (κ3) is 3.69. The van der Waals surface area contributed by atoms with E-state index in [2.05, 4.69) is 10.0 Å². The Morgan fingerprint density at radius 2 is 2.05 bits per heavy atom. The maximum atomic E-state index is 12.3. The highest BCUT2D eigenvalue weighted by atomic mass is 32.2. The largest absolute Gasteiger partial charge is 0.497 e. The van der Waals surface area contributed by atoms with E-state index >= 15 is 0 Å². The summed E-state index contributed by atoms with van der Waals surface area (Å²) in [5.41, 5.74) is -0.490. The Morgan fingerprint density at radius 1 is 1.38 bits per heavy atom. The first-order valence-electron chi connectivity index (χ1n) is 6.49. The number of hydrogen-bond donors (Lipinski definition) is 2. The summed E-state index contributed by atoms with van der Waals surface area (Å²) < 4.78 is 32.1. The zero-order chi connectivity index (χ0) is 15.5. The minimum atomic E-state index is -3.94. The van der Waals surface area contributed by atoms with Crippen molar-refractivity contribution in [2.45, 2.75) is 23.8 Å². The third-order valence-corrected chi connectivity index (χ3v) is 4.88. The third-order valence-electron chi connectivity index (χ3n) is 3.31. The first-order chi connectivity index (χ1) is 9.94. The van der Waals surface area contributed by atoms with Crippen LogP contribution in [-0.4, -0.2) is 39.6 Å². The minimum Gasteiger partial charge on any atom is -0.497 e. The van der Waals surface area contributed by atoms with Crippen LogP contribution in [0.1, 0.15) is 12.8 Å². The van der Waals surface area contributed by atoms with Gasteiger partial charge in [-0.15, -0.1) is 0 Å². The van der Waals surface area contributed by atoms with Crippen molar-refractivity contribution in [3.05, 3.63) is 28.3 Å². The number of benzene rings is 1. The molecule has 2 N–H and O–H groups in total. The normalized spacial score (nSPS) is 16.6. The highest BCUT2D eigenvalue weighted by Crippen LogP contribution is 2.28. The van der Waals surface area contributed by atoms with Crippen molar-refractivity contribution >= 4 is 15.7 Å². The maximum Gasteiger partial charge on any atom is 0.293 e. The topological polar surface area (TPSA) is 111 Å². The molecule has 0 atom stereocenters. The quantitative estimate of drug-likeness (QED) is 0.609. The van der Waals surface area contributed by atoms with Crippen LogP contribution in [0.5, 0.6) is 5.75 Å². The fraction of sp³-hybridized carbons (Fsp3) is 0.500. The van der Waals surface area contributed by atoms with E-state index in [4.69, 9.17) is 4.74 Å². The molecule has 0 saturated carbocycles. The molecule has 1 saturated heterocycles. The molecule has 0 spiro atoms. The minimum absolute atomic E-state index is 0.210. The van der Waals surface area contributed by atoms with Crippen LogP contribution in [0, 0.1) is 10.1 Å². The van der Waals surface area contributed by atoms with Crippen LogP contribution < -0.4 is 14.8 Å². The predicted molar refractivity (Wildman–Crippen MR) is 75.9 cm³/mol. The van der Waals surface area contributed by atoms with Gasteiger partial charge in [-0.2, -0.15) is 0 Å². The van der Waals surface area contributed by atoms with Gasteiger partial charge >= 0.3 is 0 Å². The van der Waals surface area contributed by atoms with Gasteiger partial charge in [-0.1, -0.05) is 0 Å². The van der Waals surface area contributed by atoms with Crippen LogP contribution in [0.2, 0.25) is 0 Å². The number of sulfonamides is 1. The number of nitrogens with zero attached hydrogens (tertiary/aromatic N) is 1. The van der Waals surface area contributed by atoms with Gasteiger partial charge in [0, 0.05) is 6.04 Å². The lowest BCUT2D eigenvalue weighted by atomic mass is 10.1. The lowest BCUT2D eigenvalue weighted by molar-refractivity contribution is -0.387. The van der Waals surface area contributed by atoms with Gasteiger partial charge in [0.25, 0.3) is 5.69 Å². The van der Waals surface area contributed by atoms with E-state index in [9.17, 15) is 18.5 Å². The molecule has 8 nitrogen and oxygen atoms in total. The molecule has 116 valence electrons. The summed E-state index contributed by atoms with van der Waals surface area (Å²) in [4.78, 5) is 10.0. The SMILES string of the molecule is COc1ccc(S(=O)(=O)NC2CCNCC2)c([N+](=O)[O-])c1. The van der Waals surface area contributed by atoms with E-state index in [1.807, 2.05) is 0 Å². The van der Waals surface area contributed by atoms with Crippen molar-refractivity contribution in [2.75, 3.05) is 20.2 Å². The Balaban J connectivity index is 2.32. The molecule has 1 aliphatic heterocycles. The fourth-order valence-corrected chi connectivity index (χ4v) is 3.67. The molecule has 1 aromatic carbocycles. The zero-order valence-electron chi connectivity index (χ0n) is 11.5. The molecule has 0 bridgehead atoms. The first-order valence-corrected chi connectivity index (χ1v) is 7.98. The molecule has 9 heteroatoms. The lowest BCUT2D eigenvalue weighted by Gasteiger charge is -2.23. The van der Waals surface area contributed by atoms with Crippen LogP contribution in [0.15, 0.2) is 23.1 Å². The molecule has 1 heterocycles. The zero-order valence-corrected chi connectivity index (χ0v) is 12.4. The molecule has 2 rings (SSSR count). The summed E-state index contributed by atoms with van der Waals surface area (Å²) in [5.74, 6) is 0.238. The molecule has 0 radical (unpaired) electrons. The van der Waals surface area contributed by atoms with E-state index in [0.717, 1.165) is 19.2 Å². The summed E-state index contributed by atoms with van der Waals surface area (Å²) in [7, 11) is -2.57. The van der Waals surface area contributed by atoms with Crippen LogP contribution in [0.4, 0.5) is 5.69 Å². The van der Waals surface area contributed by atoms with E-state index < -0.39 is 20.6 Å². The first kappa shape index (κ1) is 15.7. The number of nitrogens with one attached hydrogen (secondary N) is 2. The molecule has 1 aliphatic rings. The van der Waals surface area contributed by atoms with Gasteiger partial charge in [0.05, 0.1) is 18.1 Å². The van der Waals surface area contributed by atoms with E-state index in [-0.39, 0.29) is 16.7 Å². The van der Waals surface area contributed by atoms with E-state index in [1.54, 1.807) is 0 Å². The van der Waals surface area contributed by atoms with Crippen LogP contribution in [0.3, 0.4) is 0 Å². The van der Waals surface area contributed by atoms with Gasteiger partial charge in [0.15, 0.2) is 4.90 Å². The molecule has 0 unspecified atom stereocenters. The number of rotatable bonds is 5. The number of nitro benzene ring substituents is 1. The van der Waals surface area contributed by atoms with Crippen molar-refractivity contribution < 1.29 is 18.1 Å². The van der Waals surface area contributed by atoms with E-state index in [0.29, 0.717) is 12.8 Å². The lowest BCUT2D eigenvalue weighted by Crippen LogP contribution is -2.42. The molecule has 21 heavy (non-hydrogen) atoms. The molecule has 0 amide bonds. The number of nitro groups is 1. The Morgan fingerprint density at radius 3 is 2.62 bits per heavy atom. The van der Waals surface area contributed by atoms with Crippen molar-refractivity contribution in [3.63, 3.8) is 0 Å². The van der Waals surface area contributed by atoms with Gasteiger partial charge in [-0.25, -0.2) is 13.1 Å². The van der Waals surface area contributed by atoms with Crippen LogP contribution in [-0.2, 0) is 10.0 Å². The van der Waals surface area contributed by atoms with Gasteiger partial charge in [-0.3, -0.25) is 10.1 Å².